The highest BCUT2D eigenvalue weighted by Crippen LogP contribution is 2.30. The summed E-state index contributed by atoms with van der Waals surface area (Å²) >= 11 is 0. The van der Waals surface area contributed by atoms with Crippen molar-refractivity contribution in [2.75, 3.05) is 6.61 Å². The van der Waals surface area contributed by atoms with Crippen molar-refractivity contribution < 1.29 is 14.7 Å². The van der Waals surface area contributed by atoms with E-state index in [9.17, 15) is 9.59 Å². The average molecular weight is 212 g/mol. The lowest BCUT2D eigenvalue weighted by molar-refractivity contribution is -0.142. The fourth-order valence-corrected chi connectivity index (χ4v) is 2.44. The number of piperazine rings is 1. The highest BCUT2D eigenvalue weighted by Gasteiger charge is 2.46. The number of nitrogens with one attached hydrogen (secondary N) is 2. The fourth-order valence-electron chi connectivity index (χ4n) is 2.44. The molecule has 3 N–H and O–H groups in total. The van der Waals surface area contributed by atoms with E-state index in [4.69, 9.17) is 5.11 Å². The standard InChI is InChI=1S/C10H16N2O3/c13-6-7-8(14)11-9(15)10(12-7)4-2-1-3-5-10/h7,12-13H,1-6H2,(H,11,14,15)/t7-/m0/s1. The van der Waals surface area contributed by atoms with Gasteiger partial charge in [0.2, 0.25) is 11.8 Å². The van der Waals surface area contributed by atoms with Crippen LogP contribution in [0.25, 0.3) is 0 Å². The fraction of sp³-hybridized carbons (Fsp3) is 0.800. The molecule has 1 aliphatic carbocycles. The Morgan fingerprint density at radius 3 is 2.53 bits per heavy atom. The summed E-state index contributed by atoms with van der Waals surface area (Å²) in [7, 11) is 0. The Hall–Kier alpha value is -0.940. The summed E-state index contributed by atoms with van der Waals surface area (Å²) in [6.07, 6.45) is 4.62. The Kier molecular flexibility index (Phi) is 2.75. The second-order valence-electron chi connectivity index (χ2n) is 4.34. The van der Waals surface area contributed by atoms with Crippen molar-refractivity contribution in [3.63, 3.8) is 0 Å². The Morgan fingerprint density at radius 2 is 1.93 bits per heavy atom. The number of aliphatic hydroxyl groups is 1. The zero-order valence-electron chi connectivity index (χ0n) is 8.58. The maximum Gasteiger partial charge on any atom is 0.246 e. The molecule has 2 rings (SSSR count). The minimum Gasteiger partial charge on any atom is -0.394 e. The quantitative estimate of drug-likeness (QED) is 0.502. The van der Waals surface area contributed by atoms with Crippen molar-refractivity contribution in [2.45, 2.75) is 43.7 Å². The van der Waals surface area contributed by atoms with Gasteiger partial charge in [-0.2, -0.15) is 0 Å². The molecule has 0 unspecified atom stereocenters. The van der Waals surface area contributed by atoms with E-state index >= 15 is 0 Å². The SMILES string of the molecule is O=C1NC(=O)C2(CCCCC2)N[C@H]1CO. The van der Waals surface area contributed by atoms with Gasteiger partial charge in [-0.25, -0.2) is 0 Å². The first-order chi connectivity index (χ1) is 7.18. The predicted octanol–water partition coefficient (Wildman–Crippen LogP) is -0.704. The van der Waals surface area contributed by atoms with Crippen LogP contribution in [0.15, 0.2) is 0 Å². The highest BCUT2D eigenvalue weighted by atomic mass is 16.3. The van der Waals surface area contributed by atoms with Crippen LogP contribution in [-0.2, 0) is 9.59 Å². The van der Waals surface area contributed by atoms with Crippen molar-refractivity contribution in [3.8, 4) is 0 Å². The van der Waals surface area contributed by atoms with Gasteiger partial charge in [0.05, 0.1) is 12.1 Å². The zero-order valence-corrected chi connectivity index (χ0v) is 8.58. The van der Waals surface area contributed by atoms with Gasteiger partial charge in [-0.05, 0) is 12.8 Å². The maximum absolute atomic E-state index is 11.8. The number of hydrogen-bond donors (Lipinski definition) is 3. The van der Waals surface area contributed by atoms with Crippen LogP contribution in [0.1, 0.15) is 32.1 Å². The minimum atomic E-state index is -0.638. The summed E-state index contributed by atoms with van der Waals surface area (Å²) in [6.45, 7) is -0.263. The summed E-state index contributed by atoms with van der Waals surface area (Å²) in [5, 5.41) is 14.4. The van der Waals surface area contributed by atoms with E-state index in [-0.39, 0.29) is 12.5 Å². The second kappa shape index (κ2) is 3.90. The Balaban J connectivity index is 2.16. The molecule has 0 aromatic rings. The first-order valence-corrected chi connectivity index (χ1v) is 5.42. The molecule has 1 saturated carbocycles. The summed E-state index contributed by atoms with van der Waals surface area (Å²) in [4.78, 5) is 23.1. The van der Waals surface area contributed by atoms with Crippen LogP contribution in [-0.4, -0.2) is 35.1 Å². The summed E-state index contributed by atoms with van der Waals surface area (Å²) in [5.41, 5.74) is -0.612. The van der Waals surface area contributed by atoms with Gasteiger partial charge in [-0.1, -0.05) is 19.3 Å². The lowest BCUT2D eigenvalue weighted by atomic mass is 9.79. The van der Waals surface area contributed by atoms with E-state index in [0.717, 1.165) is 32.1 Å². The van der Waals surface area contributed by atoms with Gasteiger partial charge < -0.3 is 5.11 Å². The number of aliphatic hydroxyl groups excluding tert-OH is 1. The number of amides is 2. The molecule has 15 heavy (non-hydrogen) atoms. The highest BCUT2D eigenvalue weighted by molar-refractivity contribution is 6.04. The molecule has 1 spiro atoms. The predicted molar refractivity (Wildman–Crippen MR) is 53.0 cm³/mol. The number of carbonyl (C=O) groups excluding carboxylic acids is 2. The number of carbonyl (C=O) groups is 2. The molecule has 0 aromatic carbocycles. The van der Waals surface area contributed by atoms with E-state index in [1.807, 2.05) is 0 Å². The Labute approximate surface area is 88.2 Å². The van der Waals surface area contributed by atoms with Crippen molar-refractivity contribution in [1.82, 2.24) is 10.6 Å². The maximum atomic E-state index is 11.8. The second-order valence-corrected chi connectivity index (χ2v) is 4.34. The number of hydrogen-bond acceptors (Lipinski definition) is 4. The smallest absolute Gasteiger partial charge is 0.246 e. The molecule has 0 radical (unpaired) electrons. The average Bonchev–Trinajstić information content (AvgIpc) is 2.25. The lowest BCUT2D eigenvalue weighted by Crippen LogP contribution is -2.70. The zero-order chi connectivity index (χ0) is 10.9. The molecule has 2 fully saturated rings. The summed E-state index contributed by atoms with van der Waals surface area (Å²) in [6, 6.07) is -0.638. The van der Waals surface area contributed by atoms with Gasteiger partial charge in [0, 0.05) is 0 Å². The van der Waals surface area contributed by atoms with E-state index in [1.54, 1.807) is 0 Å². The van der Waals surface area contributed by atoms with E-state index in [1.165, 1.54) is 0 Å². The normalized spacial score (nSPS) is 30.3. The molecule has 1 heterocycles. The first-order valence-electron chi connectivity index (χ1n) is 5.42. The topological polar surface area (TPSA) is 78.4 Å². The molecular weight excluding hydrogens is 196 g/mol. The largest absolute Gasteiger partial charge is 0.394 e. The van der Waals surface area contributed by atoms with E-state index < -0.39 is 17.5 Å². The van der Waals surface area contributed by atoms with Crippen LogP contribution in [0.4, 0.5) is 0 Å². The summed E-state index contributed by atoms with van der Waals surface area (Å²) < 4.78 is 0. The monoisotopic (exact) mass is 212 g/mol. The van der Waals surface area contributed by atoms with Crippen LogP contribution in [0, 0.1) is 0 Å². The van der Waals surface area contributed by atoms with Crippen LogP contribution in [0.5, 0.6) is 0 Å². The van der Waals surface area contributed by atoms with Crippen molar-refractivity contribution >= 4 is 11.8 Å². The molecule has 1 atom stereocenters. The van der Waals surface area contributed by atoms with Crippen LogP contribution < -0.4 is 10.6 Å². The Bertz CT molecular complexity index is 284. The number of imide groups is 1. The molecule has 84 valence electrons. The third-order valence-corrected chi connectivity index (χ3v) is 3.33. The van der Waals surface area contributed by atoms with Crippen LogP contribution in [0.2, 0.25) is 0 Å². The van der Waals surface area contributed by atoms with Gasteiger partial charge in [0.15, 0.2) is 0 Å². The van der Waals surface area contributed by atoms with E-state index in [2.05, 4.69) is 10.6 Å². The third kappa shape index (κ3) is 1.77. The summed E-state index contributed by atoms with van der Waals surface area (Å²) in [5.74, 6) is -0.643. The molecule has 0 bridgehead atoms. The van der Waals surface area contributed by atoms with Crippen molar-refractivity contribution in [2.24, 2.45) is 0 Å². The van der Waals surface area contributed by atoms with Crippen molar-refractivity contribution in [1.29, 1.82) is 0 Å². The molecule has 1 aliphatic heterocycles. The molecule has 1 saturated heterocycles. The van der Waals surface area contributed by atoms with Crippen LogP contribution in [0.3, 0.4) is 0 Å². The van der Waals surface area contributed by atoms with E-state index in [0.29, 0.717) is 0 Å². The van der Waals surface area contributed by atoms with Gasteiger partial charge in [-0.3, -0.25) is 20.2 Å². The number of rotatable bonds is 1. The lowest BCUT2D eigenvalue weighted by Gasteiger charge is -2.42. The third-order valence-electron chi connectivity index (χ3n) is 3.33. The van der Waals surface area contributed by atoms with Gasteiger partial charge in [0.25, 0.3) is 0 Å². The Morgan fingerprint density at radius 1 is 1.27 bits per heavy atom. The molecule has 0 aromatic heterocycles. The minimum absolute atomic E-state index is 0.225. The first kappa shape index (κ1) is 10.6. The van der Waals surface area contributed by atoms with Gasteiger partial charge in [0.1, 0.15) is 6.04 Å². The molecule has 2 aliphatic rings. The van der Waals surface area contributed by atoms with Gasteiger partial charge in [-0.15, -0.1) is 0 Å². The van der Waals surface area contributed by atoms with Gasteiger partial charge >= 0.3 is 0 Å². The van der Waals surface area contributed by atoms with Crippen LogP contribution >= 0.6 is 0 Å². The molecule has 2 amide bonds. The molecule has 5 nitrogen and oxygen atoms in total. The van der Waals surface area contributed by atoms with Crippen molar-refractivity contribution in [3.05, 3.63) is 0 Å². The molecular formula is C10H16N2O3. The molecule has 5 heteroatoms.